The van der Waals surface area contributed by atoms with Crippen LogP contribution in [0.3, 0.4) is 0 Å². The van der Waals surface area contributed by atoms with Gasteiger partial charge in [0, 0.05) is 5.25 Å². The first-order valence-electron chi connectivity index (χ1n) is 8.33. The Morgan fingerprint density at radius 2 is 1.83 bits per heavy atom. The first kappa shape index (κ1) is 15.4. The molecular weight excluding hydrogens is 316 g/mol. The SMILES string of the molecule is Cc1cccc(C)c1-n1nnnc1SC1CCCc2ccccc21. The van der Waals surface area contributed by atoms with Crippen molar-refractivity contribution in [2.45, 2.75) is 43.5 Å². The Labute approximate surface area is 146 Å². The Balaban J connectivity index is 1.70. The summed E-state index contributed by atoms with van der Waals surface area (Å²) in [6.07, 6.45) is 3.57. The maximum absolute atomic E-state index is 4.31. The number of thioether (sulfide) groups is 1. The van der Waals surface area contributed by atoms with Gasteiger partial charge in [0.2, 0.25) is 5.16 Å². The second kappa shape index (κ2) is 6.40. The number of aromatic nitrogens is 4. The van der Waals surface area contributed by atoms with Gasteiger partial charge in [0.1, 0.15) is 0 Å². The fourth-order valence-electron chi connectivity index (χ4n) is 3.49. The molecule has 1 aliphatic carbocycles. The molecule has 2 aromatic carbocycles. The van der Waals surface area contributed by atoms with Gasteiger partial charge in [-0.25, -0.2) is 0 Å². The molecule has 3 aromatic rings. The van der Waals surface area contributed by atoms with Crippen LogP contribution in [-0.4, -0.2) is 20.2 Å². The Morgan fingerprint density at radius 3 is 2.67 bits per heavy atom. The molecule has 0 saturated carbocycles. The van der Waals surface area contributed by atoms with E-state index >= 15 is 0 Å². The summed E-state index contributed by atoms with van der Waals surface area (Å²) < 4.78 is 1.90. The van der Waals surface area contributed by atoms with Crippen LogP contribution in [0.4, 0.5) is 0 Å². The van der Waals surface area contributed by atoms with Crippen molar-refractivity contribution < 1.29 is 0 Å². The van der Waals surface area contributed by atoms with Gasteiger partial charge in [0.15, 0.2) is 0 Å². The van der Waals surface area contributed by atoms with Crippen LogP contribution in [0.1, 0.15) is 40.3 Å². The summed E-state index contributed by atoms with van der Waals surface area (Å²) in [5.41, 5.74) is 6.37. The zero-order valence-electron chi connectivity index (χ0n) is 13.9. The number of aryl methyl sites for hydroxylation is 3. The maximum atomic E-state index is 4.31. The molecule has 4 rings (SSSR count). The number of hydrogen-bond donors (Lipinski definition) is 0. The lowest BCUT2D eigenvalue weighted by Crippen LogP contribution is -2.09. The maximum Gasteiger partial charge on any atom is 0.214 e. The molecule has 1 atom stereocenters. The highest BCUT2D eigenvalue weighted by Gasteiger charge is 2.24. The third-order valence-electron chi connectivity index (χ3n) is 4.65. The van der Waals surface area contributed by atoms with E-state index in [4.69, 9.17) is 0 Å². The van der Waals surface area contributed by atoms with Gasteiger partial charge in [0.25, 0.3) is 0 Å². The van der Waals surface area contributed by atoms with Gasteiger partial charge in [0.05, 0.1) is 5.69 Å². The number of nitrogens with zero attached hydrogens (tertiary/aromatic N) is 4. The summed E-state index contributed by atoms with van der Waals surface area (Å²) in [6, 6.07) is 15.0. The van der Waals surface area contributed by atoms with E-state index in [0.717, 1.165) is 10.8 Å². The normalized spacial score (nSPS) is 16.8. The number of hydrogen-bond acceptors (Lipinski definition) is 4. The van der Waals surface area contributed by atoms with Crippen molar-refractivity contribution in [1.29, 1.82) is 0 Å². The number of rotatable bonds is 3. The summed E-state index contributed by atoms with van der Waals surface area (Å²) in [4.78, 5) is 0. The first-order chi connectivity index (χ1) is 11.7. The van der Waals surface area contributed by atoms with Crippen LogP contribution in [0.5, 0.6) is 0 Å². The second-order valence-electron chi connectivity index (χ2n) is 6.31. The molecule has 0 N–H and O–H groups in total. The number of fused-ring (bicyclic) bond motifs is 1. The molecule has 0 radical (unpaired) electrons. The molecule has 0 fully saturated rings. The minimum absolute atomic E-state index is 0.420. The van der Waals surface area contributed by atoms with Crippen molar-refractivity contribution in [3.05, 3.63) is 64.7 Å². The summed E-state index contributed by atoms with van der Waals surface area (Å²) in [5, 5.41) is 13.8. The van der Waals surface area contributed by atoms with Crippen LogP contribution in [-0.2, 0) is 6.42 Å². The Bertz CT molecular complexity index is 851. The van der Waals surface area contributed by atoms with Gasteiger partial charge in [-0.3, -0.25) is 0 Å². The quantitative estimate of drug-likeness (QED) is 0.709. The lowest BCUT2D eigenvalue weighted by molar-refractivity contribution is 0.668. The lowest BCUT2D eigenvalue weighted by atomic mass is 9.91. The van der Waals surface area contributed by atoms with Crippen LogP contribution >= 0.6 is 11.8 Å². The predicted octanol–water partition coefficient (Wildman–Crippen LogP) is 4.45. The summed E-state index contributed by atoms with van der Waals surface area (Å²) >= 11 is 1.78. The molecular formula is C19H20N4S. The second-order valence-corrected chi connectivity index (χ2v) is 7.48. The van der Waals surface area contributed by atoms with E-state index in [1.165, 1.54) is 41.5 Å². The molecule has 0 spiro atoms. The van der Waals surface area contributed by atoms with Crippen LogP contribution in [0, 0.1) is 13.8 Å². The summed E-state index contributed by atoms with van der Waals surface area (Å²) in [7, 11) is 0. The smallest absolute Gasteiger partial charge is 0.187 e. The van der Waals surface area contributed by atoms with Gasteiger partial charge >= 0.3 is 0 Å². The van der Waals surface area contributed by atoms with Gasteiger partial charge < -0.3 is 0 Å². The molecule has 1 aromatic heterocycles. The zero-order chi connectivity index (χ0) is 16.5. The Kier molecular flexibility index (Phi) is 4.10. The number of benzene rings is 2. The van der Waals surface area contributed by atoms with E-state index in [-0.39, 0.29) is 0 Å². The first-order valence-corrected chi connectivity index (χ1v) is 9.21. The van der Waals surface area contributed by atoms with Crippen LogP contribution < -0.4 is 0 Å². The molecule has 1 unspecified atom stereocenters. The van der Waals surface area contributed by atoms with Gasteiger partial charge in [-0.2, -0.15) is 4.68 Å². The van der Waals surface area contributed by atoms with E-state index in [2.05, 4.69) is 71.8 Å². The topological polar surface area (TPSA) is 43.6 Å². The fraction of sp³-hybridized carbons (Fsp3) is 0.316. The van der Waals surface area contributed by atoms with E-state index in [0.29, 0.717) is 5.25 Å². The molecule has 5 heteroatoms. The molecule has 0 saturated heterocycles. The van der Waals surface area contributed by atoms with Gasteiger partial charge in [-0.15, -0.1) is 5.10 Å². The predicted molar refractivity (Wildman–Crippen MR) is 96.6 cm³/mol. The number of para-hydroxylation sites is 1. The molecule has 1 aliphatic rings. The highest BCUT2D eigenvalue weighted by atomic mass is 32.2. The molecule has 122 valence electrons. The number of tetrazole rings is 1. The minimum atomic E-state index is 0.420. The monoisotopic (exact) mass is 336 g/mol. The van der Waals surface area contributed by atoms with Crippen molar-refractivity contribution in [3.8, 4) is 5.69 Å². The lowest BCUT2D eigenvalue weighted by Gasteiger charge is -2.24. The fourth-order valence-corrected chi connectivity index (χ4v) is 4.70. The van der Waals surface area contributed by atoms with Crippen molar-refractivity contribution in [1.82, 2.24) is 20.2 Å². The Hall–Kier alpha value is -2.14. The van der Waals surface area contributed by atoms with Crippen molar-refractivity contribution in [2.24, 2.45) is 0 Å². The van der Waals surface area contributed by atoms with E-state index in [1.54, 1.807) is 11.8 Å². The molecule has 24 heavy (non-hydrogen) atoms. The van der Waals surface area contributed by atoms with Gasteiger partial charge in [-0.05, 0) is 65.8 Å². The summed E-state index contributed by atoms with van der Waals surface area (Å²) in [6.45, 7) is 4.21. The third-order valence-corrected chi connectivity index (χ3v) is 5.89. The molecule has 0 amide bonds. The molecule has 0 bridgehead atoms. The van der Waals surface area contributed by atoms with Crippen LogP contribution in [0.15, 0.2) is 47.6 Å². The third kappa shape index (κ3) is 2.73. The van der Waals surface area contributed by atoms with Gasteiger partial charge in [-0.1, -0.05) is 54.2 Å². The average molecular weight is 336 g/mol. The van der Waals surface area contributed by atoms with E-state index in [1.807, 2.05) is 4.68 Å². The Morgan fingerprint density at radius 1 is 1.04 bits per heavy atom. The van der Waals surface area contributed by atoms with E-state index in [9.17, 15) is 0 Å². The zero-order valence-corrected chi connectivity index (χ0v) is 14.8. The summed E-state index contributed by atoms with van der Waals surface area (Å²) in [5.74, 6) is 0. The van der Waals surface area contributed by atoms with Crippen LogP contribution in [0.25, 0.3) is 5.69 Å². The van der Waals surface area contributed by atoms with Crippen molar-refractivity contribution >= 4 is 11.8 Å². The van der Waals surface area contributed by atoms with Crippen molar-refractivity contribution in [2.75, 3.05) is 0 Å². The average Bonchev–Trinajstić information content (AvgIpc) is 3.03. The molecule has 1 heterocycles. The highest BCUT2D eigenvalue weighted by molar-refractivity contribution is 7.99. The standard InChI is InChI=1S/C19H20N4S/c1-13-7-5-8-14(2)18(13)23-19(20-21-22-23)24-17-12-6-10-15-9-3-4-11-16(15)17/h3-5,7-9,11,17H,6,10,12H2,1-2H3. The largest absolute Gasteiger partial charge is 0.214 e. The molecule has 4 nitrogen and oxygen atoms in total. The van der Waals surface area contributed by atoms with E-state index < -0.39 is 0 Å². The van der Waals surface area contributed by atoms with Crippen molar-refractivity contribution in [3.63, 3.8) is 0 Å². The highest BCUT2D eigenvalue weighted by Crippen LogP contribution is 2.43. The van der Waals surface area contributed by atoms with Crippen LogP contribution in [0.2, 0.25) is 0 Å². The molecule has 0 aliphatic heterocycles. The minimum Gasteiger partial charge on any atom is -0.187 e.